The minimum atomic E-state index is 0.143. The van der Waals surface area contributed by atoms with Gasteiger partial charge < -0.3 is 5.73 Å². The summed E-state index contributed by atoms with van der Waals surface area (Å²) in [6.45, 7) is 4.81. The molecule has 1 aromatic heterocycles. The average molecular weight is 307 g/mol. The Morgan fingerprint density at radius 1 is 1.33 bits per heavy atom. The molecule has 0 radical (unpaired) electrons. The topological polar surface area (TPSA) is 47.1 Å². The Bertz CT molecular complexity index is 591. The highest BCUT2D eigenvalue weighted by molar-refractivity contribution is 6.30. The highest BCUT2D eigenvalue weighted by atomic mass is 35.5. The number of nitrogens with two attached hydrogens (primary N) is 1. The monoisotopic (exact) mass is 306 g/mol. The first-order valence-electron chi connectivity index (χ1n) is 7.11. The summed E-state index contributed by atoms with van der Waals surface area (Å²) in [6, 6.07) is 8.36. The first-order chi connectivity index (χ1) is 9.95. The number of hydrogen-bond donors (Lipinski definition) is 1. The van der Waals surface area contributed by atoms with E-state index in [1.807, 2.05) is 30.1 Å². The summed E-state index contributed by atoms with van der Waals surface area (Å²) < 4.78 is 1.89. The third-order valence-electron chi connectivity index (χ3n) is 4.31. The highest BCUT2D eigenvalue weighted by Gasteiger charge is 2.24. The molecule has 0 aliphatic rings. The predicted octanol–water partition coefficient (Wildman–Crippen LogP) is 3.07. The number of halogens is 1. The van der Waals surface area contributed by atoms with Gasteiger partial charge in [0.2, 0.25) is 0 Å². The van der Waals surface area contributed by atoms with Crippen LogP contribution >= 0.6 is 11.6 Å². The van der Waals surface area contributed by atoms with Gasteiger partial charge in [-0.2, -0.15) is 5.10 Å². The van der Waals surface area contributed by atoms with E-state index in [1.54, 1.807) is 0 Å². The van der Waals surface area contributed by atoms with Gasteiger partial charge in [-0.15, -0.1) is 0 Å². The van der Waals surface area contributed by atoms with Crippen LogP contribution in [0.4, 0.5) is 0 Å². The molecule has 5 heteroatoms. The van der Waals surface area contributed by atoms with E-state index in [2.05, 4.69) is 43.0 Å². The molecular formula is C16H23ClN4. The lowest BCUT2D eigenvalue weighted by molar-refractivity contribution is 0.189. The number of nitrogens with zero attached hydrogens (tertiary/aromatic N) is 3. The Kier molecular flexibility index (Phi) is 5.04. The summed E-state index contributed by atoms with van der Waals surface area (Å²) in [6.07, 6.45) is 1.91. The summed E-state index contributed by atoms with van der Waals surface area (Å²) in [5.41, 5.74) is 9.58. The molecule has 0 bridgehead atoms. The molecule has 114 valence electrons. The second-order valence-electron chi connectivity index (χ2n) is 5.45. The van der Waals surface area contributed by atoms with Gasteiger partial charge in [0.25, 0.3) is 0 Å². The normalized spacial score (nSPS) is 14.4. The van der Waals surface area contributed by atoms with E-state index in [1.165, 1.54) is 11.1 Å². The third-order valence-corrected chi connectivity index (χ3v) is 4.56. The van der Waals surface area contributed by atoms with Gasteiger partial charge in [0.15, 0.2) is 0 Å². The second kappa shape index (κ2) is 6.60. The Morgan fingerprint density at radius 2 is 1.95 bits per heavy atom. The summed E-state index contributed by atoms with van der Waals surface area (Å²) in [7, 11) is 4.05. The molecule has 21 heavy (non-hydrogen) atoms. The Morgan fingerprint density at radius 3 is 2.43 bits per heavy atom. The summed E-state index contributed by atoms with van der Waals surface area (Å²) in [5, 5.41) is 5.08. The molecule has 1 aromatic carbocycles. The zero-order chi connectivity index (χ0) is 15.6. The minimum absolute atomic E-state index is 0.143. The SMILES string of the molecule is Cc1c(C(CN)N(C)C(C)c2ccc(Cl)cc2)cnn1C. The van der Waals surface area contributed by atoms with E-state index >= 15 is 0 Å². The van der Waals surface area contributed by atoms with Crippen LogP contribution in [0.25, 0.3) is 0 Å². The van der Waals surface area contributed by atoms with Gasteiger partial charge in [-0.25, -0.2) is 0 Å². The van der Waals surface area contributed by atoms with Crippen molar-refractivity contribution in [2.24, 2.45) is 12.8 Å². The lowest BCUT2D eigenvalue weighted by atomic mass is 10.0. The van der Waals surface area contributed by atoms with Gasteiger partial charge in [-0.1, -0.05) is 23.7 Å². The fraction of sp³-hybridized carbons (Fsp3) is 0.438. The number of aryl methyl sites for hydroxylation is 1. The molecule has 2 rings (SSSR count). The van der Waals surface area contributed by atoms with E-state index in [4.69, 9.17) is 17.3 Å². The smallest absolute Gasteiger partial charge is 0.0540 e. The number of likely N-dealkylation sites (N-methyl/N-ethyl adjacent to an activating group) is 1. The quantitative estimate of drug-likeness (QED) is 0.923. The average Bonchev–Trinajstić information content (AvgIpc) is 2.80. The van der Waals surface area contributed by atoms with Gasteiger partial charge in [0.05, 0.1) is 12.2 Å². The zero-order valence-corrected chi connectivity index (χ0v) is 13.8. The van der Waals surface area contributed by atoms with Crippen LogP contribution in [-0.2, 0) is 7.05 Å². The van der Waals surface area contributed by atoms with Crippen molar-refractivity contribution in [3.8, 4) is 0 Å². The van der Waals surface area contributed by atoms with Crippen molar-refractivity contribution in [1.82, 2.24) is 14.7 Å². The maximum atomic E-state index is 6.02. The number of rotatable bonds is 5. The standard InChI is InChI=1S/C16H23ClN4/c1-11(13-5-7-14(17)8-6-13)20(3)16(9-18)15-10-19-21(4)12(15)2/h5-8,10-11,16H,9,18H2,1-4H3. The zero-order valence-electron chi connectivity index (χ0n) is 13.0. The molecule has 0 aliphatic carbocycles. The molecule has 2 unspecified atom stereocenters. The van der Waals surface area contributed by atoms with Gasteiger partial charge in [-0.3, -0.25) is 9.58 Å². The number of benzene rings is 1. The fourth-order valence-electron chi connectivity index (χ4n) is 2.60. The van der Waals surface area contributed by atoms with Crippen LogP contribution in [0.15, 0.2) is 30.5 Å². The first kappa shape index (κ1) is 16.0. The molecule has 0 saturated carbocycles. The Hall–Kier alpha value is -1.36. The van der Waals surface area contributed by atoms with Gasteiger partial charge in [0.1, 0.15) is 0 Å². The predicted molar refractivity (Wildman–Crippen MR) is 87.4 cm³/mol. The molecule has 1 heterocycles. The molecule has 0 saturated heterocycles. The first-order valence-corrected chi connectivity index (χ1v) is 7.49. The summed E-state index contributed by atoms with van der Waals surface area (Å²) in [5.74, 6) is 0. The van der Waals surface area contributed by atoms with Crippen molar-refractivity contribution in [3.05, 3.63) is 52.3 Å². The van der Waals surface area contributed by atoms with Crippen LogP contribution in [0, 0.1) is 6.92 Å². The lowest BCUT2D eigenvalue weighted by Crippen LogP contribution is -2.33. The van der Waals surface area contributed by atoms with Crippen LogP contribution in [0.2, 0.25) is 5.02 Å². The van der Waals surface area contributed by atoms with E-state index in [0.29, 0.717) is 6.54 Å². The molecular weight excluding hydrogens is 284 g/mol. The Balaban J connectivity index is 2.25. The molecule has 0 amide bonds. The van der Waals surface area contributed by atoms with Crippen LogP contribution in [0.1, 0.15) is 35.8 Å². The van der Waals surface area contributed by atoms with Crippen molar-refractivity contribution in [1.29, 1.82) is 0 Å². The fourth-order valence-corrected chi connectivity index (χ4v) is 2.73. The van der Waals surface area contributed by atoms with Crippen molar-refractivity contribution < 1.29 is 0 Å². The largest absolute Gasteiger partial charge is 0.329 e. The second-order valence-corrected chi connectivity index (χ2v) is 5.89. The van der Waals surface area contributed by atoms with Crippen molar-refractivity contribution in [2.45, 2.75) is 25.9 Å². The number of hydrogen-bond acceptors (Lipinski definition) is 3. The molecule has 2 N–H and O–H groups in total. The lowest BCUT2D eigenvalue weighted by Gasteiger charge is -2.32. The van der Waals surface area contributed by atoms with Crippen LogP contribution in [0.3, 0.4) is 0 Å². The molecule has 0 spiro atoms. The molecule has 4 nitrogen and oxygen atoms in total. The molecule has 0 fully saturated rings. The van der Waals surface area contributed by atoms with E-state index in [0.717, 1.165) is 10.7 Å². The maximum Gasteiger partial charge on any atom is 0.0540 e. The van der Waals surface area contributed by atoms with Gasteiger partial charge >= 0.3 is 0 Å². The van der Waals surface area contributed by atoms with E-state index in [9.17, 15) is 0 Å². The summed E-state index contributed by atoms with van der Waals surface area (Å²) in [4.78, 5) is 2.28. The van der Waals surface area contributed by atoms with Crippen LogP contribution < -0.4 is 5.73 Å². The van der Waals surface area contributed by atoms with Gasteiger partial charge in [0, 0.05) is 35.9 Å². The highest BCUT2D eigenvalue weighted by Crippen LogP contribution is 2.30. The van der Waals surface area contributed by atoms with Crippen molar-refractivity contribution in [3.63, 3.8) is 0 Å². The third kappa shape index (κ3) is 3.28. The van der Waals surface area contributed by atoms with E-state index < -0.39 is 0 Å². The maximum absolute atomic E-state index is 6.02. The molecule has 2 aromatic rings. The number of aromatic nitrogens is 2. The van der Waals surface area contributed by atoms with E-state index in [-0.39, 0.29) is 12.1 Å². The minimum Gasteiger partial charge on any atom is -0.329 e. The molecule has 0 aliphatic heterocycles. The summed E-state index contributed by atoms with van der Waals surface area (Å²) >= 11 is 5.96. The van der Waals surface area contributed by atoms with Crippen LogP contribution in [-0.4, -0.2) is 28.3 Å². The Labute approximate surface area is 131 Å². The van der Waals surface area contributed by atoms with Crippen molar-refractivity contribution >= 4 is 11.6 Å². The molecule has 2 atom stereocenters. The van der Waals surface area contributed by atoms with Crippen molar-refractivity contribution in [2.75, 3.05) is 13.6 Å². The van der Waals surface area contributed by atoms with Gasteiger partial charge in [-0.05, 0) is 38.6 Å². The van der Waals surface area contributed by atoms with Crippen LogP contribution in [0.5, 0.6) is 0 Å².